The summed E-state index contributed by atoms with van der Waals surface area (Å²) in [7, 11) is 0. The zero-order chi connectivity index (χ0) is 26.7. The average molecular weight is 564 g/mol. The predicted octanol–water partition coefficient (Wildman–Crippen LogP) is -0.132. The van der Waals surface area contributed by atoms with Crippen molar-refractivity contribution in [2.24, 2.45) is 5.16 Å². The normalized spacial score (nSPS) is 19.1. The highest BCUT2D eigenvalue weighted by molar-refractivity contribution is 8.00. The van der Waals surface area contributed by atoms with Crippen molar-refractivity contribution < 1.29 is 34.2 Å². The molecule has 0 spiro atoms. The average Bonchev–Trinajstić information content (AvgIpc) is 3.30. The molecule has 2 aliphatic heterocycles. The molecule has 0 aromatic carbocycles. The van der Waals surface area contributed by atoms with E-state index in [4.69, 9.17) is 23.1 Å². The van der Waals surface area contributed by atoms with Crippen LogP contribution in [0.3, 0.4) is 0 Å². The molecule has 2 aromatic heterocycles. The van der Waals surface area contributed by atoms with Crippen LogP contribution in [0.4, 0.5) is 5.13 Å². The number of oxime groups is 1. The van der Waals surface area contributed by atoms with Crippen LogP contribution in [-0.2, 0) is 24.0 Å². The summed E-state index contributed by atoms with van der Waals surface area (Å²) in [6.07, 6.45) is 3.11. The molecule has 0 bridgehead atoms. The first-order valence-electron chi connectivity index (χ1n) is 10.3. The summed E-state index contributed by atoms with van der Waals surface area (Å²) < 4.78 is 0. The van der Waals surface area contributed by atoms with Gasteiger partial charge in [0.2, 0.25) is 6.61 Å². The van der Waals surface area contributed by atoms with E-state index in [9.17, 15) is 24.3 Å². The van der Waals surface area contributed by atoms with Gasteiger partial charge >= 0.3 is 11.9 Å². The quantitative estimate of drug-likeness (QED) is 0.0976. The molecule has 0 radical (unpaired) electrons. The third kappa shape index (κ3) is 5.57. The molecule has 0 saturated carbocycles. The Hall–Kier alpha value is -3.96. The lowest BCUT2D eigenvalue weighted by atomic mass is 10.00. The number of nitrogens with zero attached hydrogens (tertiary/aromatic N) is 5. The molecule has 14 nitrogen and oxygen atoms in total. The number of thioether (sulfide) groups is 1. The summed E-state index contributed by atoms with van der Waals surface area (Å²) in [6.45, 7) is -0.809. The van der Waals surface area contributed by atoms with E-state index >= 15 is 0 Å². The van der Waals surface area contributed by atoms with E-state index in [-0.39, 0.29) is 34.4 Å². The zero-order valence-electron chi connectivity index (χ0n) is 18.6. The van der Waals surface area contributed by atoms with Crippen molar-refractivity contribution in [3.63, 3.8) is 0 Å². The second-order valence-electron chi connectivity index (χ2n) is 7.47. The van der Waals surface area contributed by atoms with Gasteiger partial charge in [0.15, 0.2) is 16.7 Å². The Balaban J connectivity index is 1.51. The standard InChI is InChI=1S/C20H17N7O7S3/c21-20-24-9(7-37-20)12(26-34-5-11(28)29)16(30)25-13-17(31)27-14(19(32)33)8(6-36-18(13)27)4-10(35)15-22-2-1-3-23-15/h1-3,7,13,18H,4-6H2,(H2,21,24)(H,25,30)(H,28,29)(H,32,33). The minimum atomic E-state index is -1.31. The molecule has 4 heterocycles. The summed E-state index contributed by atoms with van der Waals surface area (Å²) in [5.74, 6) is -3.61. The number of nitrogens with two attached hydrogens (primary N) is 1. The first-order valence-corrected chi connectivity index (χ1v) is 12.6. The van der Waals surface area contributed by atoms with Crippen LogP contribution in [0.2, 0.25) is 0 Å². The van der Waals surface area contributed by atoms with Gasteiger partial charge in [-0.05, 0) is 11.6 Å². The van der Waals surface area contributed by atoms with Crippen molar-refractivity contribution in [2.45, 2.75) is 17.8 Å². The van der Waals surface area contributed by atoms with E-state index in [1.165, 1.54) is 29.5 Å². The van der Waals surface area contributed by atoms with Gasteiger partial charge in [-0.25, -0.2) is 24.5 Å². The monoisotopic (exact) mass is 563 g/mol. The van der Waals surface area contributed by atoms with Gasteiger partial charge in [-0.1, -0.05) is 17.4 Å². The number of fused-ring (bicyclic) bond motifs is 1. The molecule has 1 saturated heterocycles. The van der Waals surface area contributed by atoms with E-state index in [1.54, 1.807) is 6.07 Å². The smallest absolute Gasteiger partial charge is 0.352 e. The van der Waals surface area contributed by atoms with Gasteiger partial charge < -0.3 is 26.1 Å². The van der Waals surface area contributed by atoms with Crippen LogP contribution in [0.5, 0.6) is 0 Å². The Bertz CT molecular complexity index is 1340. The lowest BCUT2D eigenvalue weighted by molar-refractivity contribution is -0.150. The fraction of sp³-hybridized carbons (Fsp3) is 0.250. The van der Waals surface area contributed by atoms with Crippen molar-refractivity contribution >= 4 is 74.8 Å². The Morgan fingerprint density at radius 2 is 2.03 bits per heavy atom. The van der Waals surface area contributed by atoms with Gasteiger partial charge in [-0.2, -0.15) is 0 Å². The topological polar surface area (TPSA) is 210 Å². The maximum absolute atomic E-state index is 13.0. The van der Waals surface area contributed by atoms with Crippen LogP contribution < -0.4 is 11.1 Å². The molecule has 5 N–H and O–H groups in total. The summed E-state index contributed by atoms with van der Waals surface area (Å²) in [5.41, 5.74) is 5.47. The van der Waals surface area contributed by atoms with Crippen LogP contribution in [-0.4, -0.2) is 88.2 Å². The SMILES string of the molecule is Nc1nc(C(=NOCC(=O)O)C(=O)NC2C(=O)N3C(C(=O)O)=C(CC(=S)c4ncccn4)CSC23)cs1. The number of anilines is 1. The molecule has 17 heteroatoms. The molecule has 37 heavy (non-hydrogen) atoms. The van der Waals surface area contributed by atoms with Crippen molar-refractivity contribution in [1.82, 2.24) is 25.2 Å². The number of carboxylic acid groups (broad SMARTS) is 2. The second kappa shape index (κ2) is 11.0. The first kappa shape index (κ1) is 26.1. The molecule has 2 unspecified atom stereocenters. The maximum atomic E-state index is 13.0. The number of aliphatic carboxylic acids is 2. The van der Waals surface area contributed by atoms with Crippen LogP contribution in [0.25, 0.3) is 0 Å². The summed E-state index contributed by atoms with van der Waals surface area (Å²) in [6, 6.07) is 0.554. The molecule has 192 valence electrons. The van der Waals surface area contributed by atoms with Gasteiger partial charge in [0.05, 0.1) is 4.86 Å². The van der Waals surface area contributed by atoms with Crippen molar-refractivity contribution in [1.29, 1.82) is 0 Å². The number of thiocarbonyl (C=S) groups is 1. The minimum absolute atomic E-state index is 0.0235. The van der Waals surface area contributed by atoms with Crippen LogP contribution >= 0.6 is 35.3 Å². The highest BCUT2D eigenvalue weighted by atomic mass is 32.2. The number of amides is 2. The molecule has 2 aliphatic rings. The molecule has 0 aliphatic carbocycles. The second-order valence-corrected chi connectivity index (χ2v) is 9.96. The summed E-state index contributed by atoms with van der Waals surface area (Å²) >= 11 is 7.64. The van der Waals surface area contributed by atoms with Crippen LogP contribution in [0, 0.1) is 0 Å². The van der Waals surface area contributed by atoms with E-state index in [1.807, 2.05) is 0 Å². The summed E-state index contributed by atoms with van der Waals surface area (Å²) in [4.78, 5) is 67.0. The number of β-lactam (4-membered cyclic amide) rings is 1. The number of hydrogen-bond donors (Lipinski definition) is 4. The fourth-order valence-electron chi connectivity index (χ4n) is 3.50. The highest BCUT2D eigenvalue weighted by Gasteiger charge is 2.54. The molecule has 2 amide bonds. The van der Waals surface area contributed by atoms with Gasteiger partial charge in [0.25, 0.3) is 11.8 Å². The van der Waals surface area contributed by atoms with Crippen LogP contribution in [0.1, 0.15) is 17.9 Å². The third-order valence-electron chi connectivity index (χ3n) is 5.05. The molecule has 2 atom stereocenters. The van der Waals surface area contributed by atoms with Gasteiger partial charge in [-0.3, -0.25) is 14.5 Å². The number of carbonyl (C=O) groups is 4. The van der Waals surface area contributed by atoms with Crippen LogP contribution in [0.15, 0.2) is 40.3 Å². The number of carboxylic acids is 2. The third-order valence-corrected chi connectivity index (χ3v) is 7.39. The number of thiazole rings is 1. The van der Waals surface area contributed by atoms with Gasteiger partial charge in [0.1, 0.15) is 22.8 Å². The maximum Gasteiger partial charge on any atom is 0.352 e. The van der Waals surface area contributed by atoms with E-state index < -0.39 is 41.8 Å². The van der Waals surface area contributed by atoms with Crippen molar-refractivity contribution in [3.05, 3.63) is 46.6 Å². The van der Waals surface area contributed by atoms with Gasteiger partial charge in [-0.15, -0.1) is 23.1 Å². The molecule has 4 rings (SSSR count). The van der Waals surface area contributed by atoms with Crippen molar-refractivity contribution in [3.8, 4) is 0 Å². The number of aromatic nitrogens is 3. The highest BCUT2D eigenvalue weighted by Crippen LogP contribution is 2.41. The lowest BCUT2D eigenvalue weighted by Crippen LogP contribution is -2.71. The van der Waals surface area contributed by atoms with E-state index in [0.717, 1.165) is 16.2 Å². The number of nitrogen functional groups attached to an aromatic ring is 1. The van der Waals surface area contributed by atoms with Crippen molar-refractivity contribution in [2.75, 3.05) is 18.1 Å². The minimum Gasteiger partial charge on any atom is -0.479 e. The number of nitrogens with one attached hydrogen (secondary N) is 1. The Morgan fingerprint density at radius 3 is 2.65 bits per heavy atom. The lowest BCUT2D eigenvalue weighted by Gasteiger charge is -2.49. The Labute approximate surface area is 221 Å². The Morgan fingerprint density at radius 1 is 1.30 bits per heavy atom. The largest absolute Gasteiger partial charge is 0.479 e. The molecule has 1 fully saturated rings. The molecular formula is C20H17N7O7S3. The predicted molar refractivity (Wildman–Crippen MR) is 135 cm³/mol. The summed E-state index contributed by atoms with van der Waals surface area (Å²) in [5, 5.41) is 25.5. The number of rotatable bonds is 10. The number of carbonyl (C=O) groups excluding carboxylic acids is 2. The van der Waals surface area contributed by atoms with Gasteiger partial charge in [0, 0.05) is 29.9 Å². The first-order chi connectivity index (χ1) is 17.7. The van der Waals surface area contributed by atoms with E-state index in [0.29, 0.717) is 16.3 Å². The molecule has 2 aromatic rings. The molecular weight excluding hydrogens is 546 g/mol. The fourth-order valence-corrected chi connectivity index (χ4v) is 5.67. The van der Waals surface area contributed by atoms with E-state index in [2.05, 4.69) is 30.3 Å². The Kier molecular flexibility index (Phi) is 7.74. The number of hydrogen-bond acceptors (Lipinski definition) is 13. The zero-order valence-corrected chi connectivity index (χ0v) is 21.0.